The van der Waals surface area contributed by atoms with E-state index in [-0.39, 0.29) is 35.2 Å². The number of aliphatic hydroxyl groups excluding tert-OH is 1. The molecule has 0 saturated heterocycles. The van der Waals surface area contributed by atoms with Crippen molar-refractivity contribution in [2.75, 3.05) is 17.0 Å². The Morgan fingerprint density at radius 1 is 0.844 bits per heavy atom. The van der Waals surface area contributed by atoms with E-state index in [1.807, 2.05) is 85.8 Å². The maximum Gasteiger partial charge on any atom is 0.251 e. The lowest BCUT2D eigenvalue weighted by Gasteiger charge is -2.25. The number of hydrogen-bond donors (Lipinski definition) is 5. The highest BCUT2D eigenvalue weighted by Crippen LogP contribution is 2.20. The Morgan fingerprint density at radius 2 is 1.47 bits per heavy atom. The molecule has 0 unspecified atom stereocenters. The molecule has 0 fully saturated rings. The molecule has 0 radical (unpaired) electrons. The summed E-state index contributed by atoms with van der Waals surface area (Å²) < 4.78 is 27.3. The van der Waals surface area contributed by atoms with Gasteiger partial charge in [0.25, 0.3) is 11.8 Å². The van der Waals surface area contributed by atoms with E-state index in [2.05, 4.69) is 25.7 Å². The minimum absolute atomic E-state index is 0.0653. The number of sulfonamides is 1. The van der Waals surface area contributed by atoms with E-state index in [0.717, 1.165) is 16.8 Å². The highest BCUT2D eigenvalue weighted by Gasteiger charge is 2.24. The highest BCUT2D eigenvalue weighted by atomic mass is 32.2. The lowest BCUT2D eigenvalue weighted by Crippen LogP contribution is -2.48. The summed E-state index contributed by atoms with van der Waals surface area (Å²) in [7, 11) is -3.70. The zero-order valence-electron chi connectivity index (χ0n) is 25.3. The normalized spacial score (nSPS) is 13.3. The standard InChI is InChI=1S/C34H39N5O5S/c1-3-45(43,44)39-30-20-27(33(41)37-24(2)26-14-8-5-9-15-26)19-28(21-30)34(42)38-31(18-25-12-6-4-7-13-25)32(40)23-35-22-29-16-10-11-17-36-29/h4-17,19-21,24,31-32,35,39-40H,3,18,22-23H2,1-2H3,(H,37,41)(H,38,42)/t24-,31+,32-/m1/s1. The van der Waals surface area contributed by atoms with E-state index >= 15 is 0 Å². The molecule has 4 rings (SSSR count). The molecule has 3 atom stereocenters. The summed E-state index contributed by atoms with van der Waals surface area (Å²) in [5.41, 5.74) is 2.87. The summed E-state index contributed by atoms with van der Waals surface area (Å²) in [5, 5.41) is 20.2. The van der Waals surface area contributed by atoms with Crippen molar-refractivity contribution in [1.82, 2.24) is 20.9 Å². The van der Waals surface area contributed by atoms with Crippen LogP contribution in [-0.2, 0) is 23.0 Å². The number of carbonyl (C=O) groups excluding carboxylic acids is 2. The van der Waals surface area contributed by atoms with Gasteiger partial charge in [-0.1, -0.05) is 66.7 Å². The maximum absolute atomic E-state index is 13.7. The second-order valence-electron chi connectivity index (χ2n) is 10.7. The van der Waals surface area contributed by atoms with Crippen molar-refractivity contribution in [3.8, 4) is 0 Å². The third kappa shape index (κ3) is 10.2. The first-order chi connectivity index (χ1) is 21.6. The summed E-state index contributed by atoms with van der Waals surface area (Å²) in [4.78, 5) is 31.3. The van der Waals surface area contributed by atoms with Gasteiger partial charge in [-0.05, 0) is 61.7 Å². The van der Waals surface area contributed by atoms with Crippen LogP contribution >= 0.6 is 0 Å². The number of benzene rings is 3. The lowest BCUT2D eigenvalue weighted by atomic mass is 10.00. The van der Waals surface area contributed by atoms with Crippen molar-refractivity contribution >= 4 is 27.5 Å². The number of aliphatic hydroxyl groups is 1. The van der Waals surface area contributed by atoms with Crippen molar-refractivity contribution in [1.29, 1.82) is 0 Å². The Bertz CT molecular complexity index is 1650. The number of anilines is 1. The van der Waals surface area contributed by atoms with E-state index in [0.29, 0.717) is 13.0 Å². The topological polar surface area (TPSA) is 150 Å². The molecule has 236 valence electrons. The van der Waals surface area contributed by atoms with E-state index in [9.17, 15) is 23.1 Å². The molecular formula is C34H39N5O5S. The van der Waals surface area contributed by atoms with Gasteiger partial charge in [-0.2, -0.15) is 0 Å². The predicted molar refractivity (Wildman–Crippen MR) is 175 cm³/mol. The molecule has 3 aromatic carbocycles. The van der Waals surface area contributed by atoms with Crippen molar-refractivity contribution in [3.63, 3.8) is 0 Å². The van der Waals surface area contributed by atoms with Gasteiger partial charge in [0.1, 0.15) is 0 Å². The average molecular weight is 630 g/mol. The summed E-state index contributed by atoms with van der Waals surface area (Å²) >= 11 is 0. The summed E-state index contributed by atoms with van der Waals surface area (Å²) in [6.07, 6.45) is 1.05. The van der Waals surface area contributed by atoms with Crippen LogP contribution in [0.1, 0.15) is 57.4 Å². The fourth-order valence-electron chi connectivity index (χ4n) is 4.70. The monoisotopic (exact) mass is 629 g/mol. The minimum atomic E-state index is -3.70. The minimum Gasteiger partial charge on any atom is -0.390 e. The van der Waals surface area contributed by atoms with Crippen LogP contribution in [0, 0.1) is 0 Å². The molecule has 0 saturated carbocycles. The van der Waals surface area contributed by atoms with Crippen LogP contribution in [0.4, 0.5) is 5.69 Å². The highest BCUT2D eigenvalue weighted by molar-refractivity contribution is 7.92. The number of pyridine rings is 1. The third-order valence-electron chi connectivity index (χ3n) is 7.22. The number of nitrogens with one attached hydrogen (secondary N) is 4. The third-order valence-corrected chi connectivity index (χ3v) is 8.53. The van der Waals surface area contributed by atoms with Gasteiger partial charge in [-0.15, -0.1) is 0 Å². The van der Waals surface area contributed by atoms with Crippen molar-refractivity contribution in [3.05, 3.63) is 131 Å². The molecule has 0 bridgehead atoms. The van der Waals surface area contributed by atoms with Gasteiger partial charge < -0.3 is 21.1 Å². The van der Waals surface area contributed by atoms with E-state index in [4.69, 9.17) is 0 Å². The summed E-state index contributed by atoms with van der Waals surface area (Å²) in [6, 6.07) is 27.6. The first-order valence-electron chi connectivity index (χ1n) is 14.8. The van der Waals surface area contributed by atoms with Gasteiger partial charge in [0.2, 0.25) is 10.0 Å². The predicted octanol–water partition coefficient (Wildman–Crippen LogP) is 3.83. The fourth-order valence-corrected chi connectivity index (χ4v) is 5.32. The quantitative estimate of drug-likeness (QED) is 0.134. The molecule has 0 aliphatic rings. The Kier molecular flexibility index (Phi) is 11.8. The summed E-state index contributed by atoms with van der Waals surface area (Å²) in [5.74, 6) is -1.23. The first-order valence-corrected chi connectivity index (χ1v) is 16.4. The van der Waals surface area contributed by atoms with Gasteiger partial charge in [0.15, 0.2) is 0 Å². The zero-order chi connectivity index (χ0) is 32.2. The first kappa shape index (κ1) is 33.3. The molecule has 2 amide bonds. The number of aromatic nitrogens is 1. The Labute approximate surface area is 264 Å². The number of nitrogens with zero attached hydrogens (tertiary/aromatic N) is 1. The van der Waals surface area contributed by atoms with Crippen LogP contribution in [0.15, 0.2) is 103 Å². The molecule has 0 aliphatic carbocycles. The van der Waals surface area contributed by atoms with Crippen LogP contribution in [0.2, 0.25) is 0 Å². The zero-order valence-corrected chi connectivity index (χ0v) is 26.1. The van der Waals surface area contributed by atoms with Crippen LogP contribution in [0.25, 0.3) is 0 Å². The molecular weight excluding hydrogens is 590 g/mol. The molecule has 10 nitrogen and oxygen atoms in total. The number of hydrogen-bond acceptors (Lipinski definition) is 7. The number of rotatable bonds is 15. The van der Waals surface area contributed by atoms with Crippen LogP contribution in [0.3, 0.4) is 0 Å². The second-order valence-corrected chi connectivity index (χ2v) is 12.7. The van der Waals surface area contributed by atoms with Crippen LogP contribution in [-0.4, -0.2) is 54.8 Å². The average Bonchev–Trinajstić information content (AvgIpc) is 3.05. The molecule has 4 aromatic rings. The van der Waals surface area contributed by atoms with Gasteiger partial charge in [0.05, 0.1) is 35.3 Å². The molecule has 5 N–H and O–H groups in total. The van der Waals surface area contributed by atoms with Gasteiger partial charge in [-0.25, -0.2) is 8.42 Å². The van der Waals surface area contributed by atoms with E-state index < -0.39 is 34.0 Å². The van der Waals surface area contributed by atoms with Crippen LogP contribution in [0.5, 0.6) is 0 Å². The Morgan fingerprint density at radius 3 is 2.09 bits per heavy atom. The fraction of sp³-hybridized carbons (Fsp3) is 0.265. The summed E-state index contributed by atoms with van der Waals surface area (Å²) in [6.45, 7) is 3.94. The van der Waals surface area contributed by atoms with Crippen molar-refractivity contribution < 1.29 is 23.1 Å². The van der Waals surface area contributed by atoms with E-state index in [1.54, 1.807) is 6.20 Å². The Balaban J connectivity index is 1.57. The van der Waals surface area contributed by atoms with Gasteiger partial charge >= 0.3 is 0 Å². The lowest BCUT2D eigenvalue weighted by molar-refractivity contribution is 0.0829. The molecule has 11 heteroatoms. The molecule has 1 aromatic heterocycles. The molecule has 0 spiro atoms. The SMILES string of the molecule is CCS(=O)(=O)Nc1cc(C(=O)N[C@@H](Cc2ccccc2)[C@H](O)CNCc2ccccn2)cc(C(=O)N[C@H](C)c2ccccc2)c1. The van der Waals surface area contributed by atoms with E-state index in [1.165, 1.54) is 25.1 Å². The van der Waals surface area contributed by atoms with Crippen molar-refractivity contribution in [2.45, 2.75) is 45.0 Å². The smallest absolute Gasteiger partial charge is 0.251 e. The second kappa shape index (κ2) is 15.9. The van der Waals surface area contributed by atoms with Gasteiger partial charge in [-0.3, -0.25) is 19.3 Å². The molecule has 0 aliphatic heterocycles. The van der Waals surface area contributed by atoms with Crippen molar-refractivity contribution in [2.24, 2.45) is 0 Å². The molecule has 45 heavy (non-hydrogen) atoms. The largest absolute Gasteiger partial charge is 0.390 e. The maximum atomic E-state index is 13.7. The molecule has 1 heterocycles. The number of amides is 2. The number of carbonyl (C=O) groups is 2. The Hall–Kier alpha value is -4.58. The van der Waals surface area contributed by atoms with Crippen LogP contribution < -0.4 is 20.7 Å². The van der Waals surface area contributed by atoms with Gasteiger partial charge in [0, 0.05) is 30.4 Å².